The van der Waals surface area contributed by atoms with E-state index >= 15 is 0 Å². The fourth-order valence-electron chi connectivity index (χ4n) is 3.05. The Hall–Kier alpha value is -2.44. The lowest BCUT2D eigenvalue weighted by molar-refractivity contribution is 0.176. The van der Waals surface area contributed by atoms with E-state index in [1.165, 1.54) is 5.56 Å². The van der Waals surface area contributed by atoms with Gasteiger partial charge in [0.1, 0.15) is 6.04 Å². The summed E-state index contributed by atoms with van der Waals surface area (Å²) in [6.07, 6.45) is 5.57. The number of amides is 2. The minimum absolute atomic E-state index is 0.0787. The maximum Gasteiger partial charge on any atom is 0.318 e. The van der Waals surface area contributed by atoms with Crippen molar-refractivity contribution in [1.29, 1.82) is 0 Å². The number of aromatic nitrogens is 3. The molecule has 0 aliphatic carbocycles. The number of urea groups is 1. The highest BCUT2D eigenvalue weighted by atomic mass is 16.5. The Morgan fingerprint density at radius 3 is 2.52 bits per heavy atom. The van der Waals surface area contributed by atoms with Crippen molar-refractivity contribution in [3.05, 3.63) is 41.8 Å². The quantitative estimate of drug-likeness (QED) is 0.921. The summed E-state index contributed by atoms with van der Waals surface area (Å²) in [6, 6.07) is 3.74. The molecule has 0 aromatic carbocycles. The summed E-state index contributed by atoms with van der Waals surface area (Å²) in [7, 11) is 0. The fraction of sp³-hybridized carbons (Fsp3) is 0.556. The van der Waals surface area contributed by atoms with E-state index in [1.54, 1.807) is 0 Å². The fourth-order valence-corrected chi connectivity index (χ4v) is 3.05. The van der Waals surface area contributed by atoms with Gasteiger partial charge in [0.15, 0.2) is 5.82 Å². The van der Waals surface area contributed by atoms with Gasteiger partial charge >= 0.3 is 6.03 Å². The molecule has 0 saturated carbocycles. The van der Waals surface area contributed by atoms with Gasteiger partial charge in [0, 0.05) is 31.4 Å². The maximum absolute atomic E-state index is 12.5. The van der Waals surface area contributed by atoms with Gasteiger partial charge in [-0.3, -0.25) is 4.98 Å². The van der Waals surface area contributed by atoms with Gasteiger partial charge in [-0.2, -0.15) is 4.98 Å². The Labute approximate surface area is 147 Å². The summed E-state index contributed by atoms with van der Waals surface area (Å²) in [5, 5.41) is 6.90. The minimum Gasteiger partial charge on any atom is -0.337 e. The van der Waals surface area contributed by atoms with Crippen molar-refractivity contribution >= 4 is 6.03 Å². The van der Waals surface area contributed by atoms with E-state index in [9.17, 15) is 4.79 Å². The van der Waals surface area contributed by atoms with Crippen LogP contribution in [0.5, 0.6) is 0 Å². The van der Waals surface area contributed by atoms with E-state index in [0.29, 0.717) is 17.6 Å². The van der Waals surface area contributed by atoms with Crippen molar-refractivity contribution in [3.8, 4) is 0 Å². The smallest absolute Gasteiger partial charge is 0.318 e. The zero-order valence-electron chi connectivity index (χ0n) is 15.0. The van der Waals surface area contributed by atoms with E-state index in [4.69, 9.17) is 4.52 Å². The second-order valence-corrected chi connectivity index (χ2v) is 6.86. The van der Waals surface area contributed by atoms with Gasteiger partial charge in [-0.1, -0.05) is 19.0 Å². The molecule has 2 aromatic heterocycles. The summed E-state index contributed by atoms with van der Waals surface area (Å²) in [6.45, 7) is 7.36. The monoisotopic (exact) mass is 343 g/mol. The second-order valence-electron chi connectivity index (χ2n) is 6.86. The van der Waals surface area contributed by atoms with Crippen LogP contribution >= 0.6 is 0 Å². The molecule has 0 bridgehead atoms. The van der Waals surface area contributed by atoms with Crippen molar-refractivity contribution in [1.82, 2.24) is 25.3 Å². The Kier molecular flexibility index (Phi) is 5.31. The van der Waals surface area contributed by atoms with Crippen molar-refractivity contribution in [2.75, 3.05) is 13.1 Å². The second kappa shape index (κ2) is 7.63. The lowest BCUT2D eigenvalue weighted by Gasteiger charge is -2.32. The first-order chi connectivity index (χ1) is 12.0. The number of nitrogens with zero attached hydrogens (tertiary/aromatic N) is 4. The number of likely N-dealkylation sites (tertiary alicyclic amines) is 1. The van der Waals surface area contributed by atoms with Crippen LogP contribution in [0.1, 0.15) is 68.8 Å². The molecular weight excluding hydrogens is 318 g/mol. The Morgan fingerprint density at radius 2 is 1.92 bits per heavy atom. The van der Waals surface area contributed by atoms with E-state index < -0.39 is 0 Å². The zero-order valence-corrected chi connectivity index (χ0v) is 15.0. The summed E-state index contributed by atoms with van der Waals surface area (Å²) in [4.78, 5) is 22.7. The molecule has 3 rings (SSSR count). The number of rotatable bonds is 4. The van der Waals surface area contributed by atoms with Gasteiger partial charge in [-0.15, -0.1) is 0 Å². The molecule has 7 nitrogen and oxygen atoms in total. The molecule has 3 heterocycles. The van der Waals surface area contributed by atoms with Gasteiger partial charge in [-0.25, -0.2) is 4.79 Å². The highest BCUT2D eigenvalue weighted by molar-refractivity contribution is 5.74. The van der Waals surface area contributed by atoms with E-state index in [1.807, 2.05) is 38.1 Å². The number of nitrogens with one attached hydrogen (secondary N) is 1. The van der Waals surface area contributed by atoms with Crippen molar-refractivity contribution in [3.63, 3.8) is 0 Å². The third-order valence-corrected chi connectivity index (χ3v) is 4.64. The molecule has 1 saturated heterocycles. The number of hydrogen-bond donors (Lipinski definition) is 1. The topological polar surface area (TPSA) is 84.2 Å². The first-order valence-corrected chi connectivity index (χ1v) is 8.83. The maximum atomic E-state index is 12.5. The summed E-state index contributed by atoms with van der Waals surface area (Å²) < 4.78 is 5.25. The molecule has 134 valence electrons. The number of hydrogen-bond acceptors (Lipinski definition) is 5. The van der Waals surface area contributed by atoms with Crippen LogP contribution in [0.15, 0.2) is 29.0 Å². The van der Waals surface area contributed by atoms with Crippen molar-refractivity contribution in [2.24, 2.45) is 0 Å². The predicted octanol–water partition coefficient (Wildman–Crippen LogP) is 3.24. The molecule has 1 atom stereocenters. The molecular formula is C18H25N5O2. The molecule has 0 spiro atoms. The molecule has 7 heteroatoms. The molecule has 2 amide bonds. The van der Waals surface area contributed by atoms with Crippen LogP contribution in [0.25, 0.3) is 0 Å². The van der Waals surface area contributed by atoms with Crippen LogP contribution in [-0.2, 0) is 0 Å². The number of pyridine rings is 1. The van der Waals surface area contributed by atoms with Gasteiger partial charge in [-0.05, 0) is 43.4 Å². The molecule has 1 aliphatic heterocycles. The van der Waals surface area contributed by atoms with Crippen molar-refractivity contribution < 1.29 is 9.32 Å². The number of carbonyl (C=O) groups excluding carboxylic acids is 1. The molecule has 1 fully saturated rings. The first-order valence-electron chi connectivity index (χ1n) is 8.83. The molecule has 1 N–H and O–H groups in total. The zero-order chi connectivity index (χ0) is 17.8. The van der Waals surface area contributed by atoms with Gasteiger partial charge in [0.25, 0.3) is 0 Å². The Balaban J connectivity index is 1.52. The molecule has 2 aromatic rings. The van der Waals surface area contributed by atoms with Gasteiger partial charge < -0.3 is 14.7 Å². The van der Waals surface area contributed by atoms with Crippen molar-refractivity contribution in [2.45, 2.75) is 51.5 Å². The van der Waals surface area contributed by atoms with E-state index in [2.05, 4.69) is 32.6 Å². The van der Waals surface area contributed by atoms with Crippen LogP contribution in [0.4, 0.5) is 4.79 Å². The van der Waals surface area contributed by atoms with Crippen LogP contribution in [-0.4, -0.2) is 39.1 Å². The highest BCUT2D eigenvalue weighted by Gasteiger charge is 2.26. The van der Waals surface area contributed by atoms with Crippen LogP contribution in [0.2, 0.25) is 0 Å². The standard InChI is InChI=1S/C18H25N5O2/c1-12(2)16-21-17(25-22-16)13(3)20-18(24)23-10-6-15(7-11-23)14-4-8-19-9-5-14/h4-5,8-9,12-13,15H,6-7,10-11H2,1-3H3,(H,20,24)/t13-/m0/s1. The lowest BCUT2D eigenvalue weighted by atomic mass is 9.90. The summed E-state index contributed by atoms with van der Waals surface area (Å²) in [5.41, 5.74) is 1.30. The predicted molar refractivity (Wildman–Crippen MR) is 93.1 cm³/mol. The third kappa shape index (κ3) is 4.15. The molecule has 0 unspecified atom stereocenters. The Bertz CT molecular complexity index is 693. The summed E-state index contributed by atoms with van der Waals surface area (Å²) in [5.74, 6) is 1.81. The van der Waals surface area contributed by atoms with Crippen LogP contribution in [0, 0.1) is 0 Å². The summed E-state index contributed by atoms with van der Waals surface area (Å²) >= 11 is 0. The molecule has 0 radical (unpaired) electrons. The van der Waals surface area contributed by atoms with Gasteiger partial charge in [0.05, 0.1) is 0 Å². The SMILES string of the molecule is CC(C)c1noc([C@H](C)NC(=O)N2CCC(c3ccncc3)CC2)n1. The Morgan fingerprint density at radius 1 is 1.24 bits per heavy atom. The van der Waals surface area contributed by atoms with E-state index in [-0.39, 0.29) is 18.0 Å². The molecule has 25 heavy (non-hydrogen) atoms. The normalized spacial score (nSPS) is 16.9. The number of piperidine rings is 1. The minimum atomic E-state index is -0.301. The number of carbonyl (C=O) groups is 1. The average molecular weight is 343 g/mol. The van der Waals surface area contributed by atoms with Crippen LogP contribution in [0.3, 0.4) is 0 Å². The van der Waals surface area contributed by atoms with E-state index in [0.717, 1.165) is 25.9 Å². The third-order valence-electron chi connectivity index (χ3n) is 4.64. The van der Waals surface area contributed by atoms with Crippen LogP contribution < -0.4 is 5.32 Å². The van der Waals surface area contributed by atoms with Gasteiger partial charge in [0.2, 0.25) is 5.89 Å². The average Bonchev–Trinajstić information content (AvgIpc) is 3.13. The highest BCUT2D eigenvalue weighted by Crippen LogP contribution is 2.27. The first kappa shape index (κ1) is 17.4. The largest absolute Gasteiger partial charge is 0.337 e. The lowest BCUT2D eigenvalue weighted by Crippen LogP contribution is -2.44. The molecule has 1 aliphatic rings.